The zero-order valence-corrected chi connectivity index (χ0v) is 11.6. The summed E-state index contributed by atoms with van der Waals surface area (Å²) in [6.45, 7) is 4.51. The molecule has 2 heterocycles. The van der Waals surface area contributed by atoms with Crippen LogP contribution in [0.1, 0.15) is 44.2 Å². The van der Waals surface area contributed by atoms with E-state index in [9.17, 15) is 4.39 Å². The fraction of sp³-hybridized carbons (Fsp3) is 0.625. The lowest BCUT2D eigenvalue weighted by Crippen LogP contribution is -2.44. The Labute approximate surface area is 115 Å². The molecule has 2 saturated heterocycles. The number of halogens is 1. The molecule has 1 N–H and O–H groups in total. The first-order valence-corrected chi connectivity index (χ1v) is 7.50. The molecule has 3 rings (SSSR count). The summed E-state index contributed by atoms with van der Waals surface area (Å²) in [5.41, 5.74) is 1.10. The summed E-state index contributed by atoms with van der Waals surface area (Å²) in [6.07, 6.45) is 5.13. The number of likely N-dealkylation sites (tertiary alicyclic amines) is 1. The summed E-state index contributed by atoms with van der Waals surface area (Å²) >= 11 is 0. The summed E-state index contributed by atoms with van der Waals surface area (Å²) in [5.74, 6) is -0.126. The molecule has 0 bridgehead atoms. The Balaban J connectivity index is 1.76. The van der Waals surface area contributed by atoms with E-state index in [2.05, 4.69) is 17.1 Å². The molecule has 0 spiro atoms. The Kier molecular flexibility index (Phi) is 3.85. The van der Waals surface area contributed by atoms with Gasteiger partial charge in [0.2, 0.25) is 0 Å². The molecule has 0 radical (unpaired) electrons. The van der Waals surface area contributed by atoms with Gasteiger partial charge in [-0.25, -0.2) is 4.39 Å². The molecule has 0 amide bonds. The third kappa shape index (κ3) is 2.67. The van der Waals surface area contributed by atoms with Crippen LogP contribution in [0.2, 0.25) is 0 Å². The number of benzene rings is 1. The number of rotatable bonds is 3. The van der Waals surface area contributed by atoms with E-state index in [0.717, 1.165) is 18.7 Å². The van der Waals surface area contributed by atoms with Gasteiger partial charge in [0.05, 0.1) is 0 Å². The smallest absolute Gasteiger partial charge is 0.123 e. The van der Waals surface area contributed by atoms with E-state index < -0.39 is 0 Å². The summed E-state index contributed by atoms with van der Waals surface area (Å²) in [4.78, 5) is 2.57. The van der Waals surface area contributed by atoms with Crippen LogP contribution < -0.4 is 5.32 Å². The molecule has 3 atom stereocenters. The third-order valence-corrected chi connectivity index (χ3v) is 4.73. The number of nitrogens with one attached hydrogen (secondary N) is 1. The second kappa shape index (κ2) is 5.59. The van der Waals surface area contributed by atoms with Gasteiger partial charge in [-0.05, 0) is 63.4 Å². The van der Waals surface area contributed by atoms with Gasteiger partial charge in [0.1, 0.15) is 5.82 Å². The first-order valence-electron chi connectivity index (χ1n) is 7.50. The second-order valence-electron chi connectivity index (χ2n) is 5.88. The van der Waals surface area contributed by atoms with Crippen molar-refractivity contribution in [3.05, 3.63) is 35.6 Å². The van der Waals surface area contributed by atoms with Crippen LogP contribution in [-0.2, 0) is 0 Å². The Bertz CT molecular complexity index is 429. The van der Waals surface area contributed by atoms with E-state index in [1.165, 1.54) is 31.7 Å². The second-order valence-corrected chi connectivity index (χ2v) is 5.88. The van der Waals surface area contributed by atoms with Gasteiger partial charge in [-0.3, -0.25) is 4.90 Å². The minimum Gasteiger partial charge on any atom is -0.312 e. The van der Waals surface area contributed by atoms with Crippen molar-refractivity contribution in [2.45, 2.75) is 50.7 Å². The number of hydrogen-bond donors (Lipinski definition) is 1. The topological polar surface area (TPSA) is 15.3 Å². The number of hydrogen-bond acceptors (Lipinski definition) is 2. The zero-order chi connectivity index (χ0) is 13.2. The van der Waals surface area contributed by atoms with Crippen LogP contribution >= 0.6 is 0 Å². The van der Waals surface area contributed by atoms with E-state index in [0.29, 0.717) is 18.1 Å². The summed E-state index contributed by atoms with van der Waals surface area (Å²) in [5, 5.41) is 3.63. The highest BCUT2D eigenvalue weighted by molar-refractivity contribution is 5.20. The Hall–Kier alpha value is -0.930. The molecule has 3 heteroatoms. The summed E-state index contributed by atoms with van der Waals surface area (Å²) < 4.78 is 13.4. The van der Waals surface area contributed by atoms with Crippen molar-refractivity contribution < 1.29 is 4.39 Å². The van der Waals surface area contributed by atoms with Crippen molar-refractivity contribution in [3.8, 4) is 0 Å². The van der Waals surface area contributed by atoms with Crippen molar-refractivity contribution >= 4 is 0 Å². The maximum Gasteiger partial charge on any atom is 0.123 e. The van der Waals surface area contributed by atoms with E-state index >= 15 is 0 Å². The van der Waals surface area contributed by atoms with E-state index in [1.807, 2.05) is 12.1 Å². The maximum atomic E-state index is 13.4. The lowest BCUT2D eigenvalue weighted by Gasteiger charge is -2.34. The van der Waals surface area contributed by atoms with E-state index in [-0.39, 0.29) is 5.82 Å². The average Bonchev–Trinajstić information content (AvgIpc) is 3.08. The maximum absolute atomic E-state index is 13.4. The Morgan fingerprint density at radius 2 is 2.21 bits per heavy atom. The minimum atomic E-state index is -0.126. The van der Waals surface area contributed by atoms with Gasteiger partial charge in [0.25, 0.3) is 0 Å². The first-order chi connectivity index (χ1) is 9.25. The van der Waals surface area contributed by atoms with Crippen LogP contribution in [0, 0.1) is 5.82 Å². The van der Waals surface area contributed by atoms with Crippen LogP contribution in [0.5, 0.6) is 0 Å². The first kappa shape index (κ1) is 13.1. The van der Waals surface area contributed by atoms with Crippen LogP contribution in [0.3, 0.4) is 0 Å². The molecule has 2 fully saturated rings. The van der Waals surface area contributed by atoms with Crippen LogP contribution in [0.25, 0.3) is 0 Å². The lowest BCUT2D eigenvalue weighted by molar-refractivity contribution is 0.163. The normalized spacial score (nSPS) is 29.8. The molecule has 19 heavy (non-hydrogen) atoms. The molecule has 3 unspecified atom stereocenters. The molecular formula is C16H23FN2. The van der Waals surface area contributed by atoms with E-state index in [4.69, 9.17) is 0 Å². The highest BCUT2D eigenvalue weighted by atomic mass is 19.1. The summed E-state index contributed by atoms with van der Waals surface area (Å²) in [7, 11) is 0. The highest BCUT2D eigenvalue weighted by Gasteiger charge is 2.35. The van der Waals surface area contributed by atoms with Gasteiger partial charge in [-0.1, -0.05) is 12.1 Å². The third-order valence-electron chi connectivity index (χ3n) is 4.73. The largest absolute Gasteiger partial charge is 0.312 e. The van der Waals surface area contributed by atoms with Crippen molar-refractivity contribution in [1.82, 2.24) is 10.2 Å². The fourth-order valence-electron chi connectivity index (χ4n) is 3.73. The average molecular weight is 262 g/mol. The molecule has 0 saturated carbocycles. The standard InChI is InChI=1S/C16H23FN2/c1-12(13-5-2-6-14(17)11-13)19-10-4-8-16(19)15-7-3-9-18-15/h2,5-6,11-12,15-16,18H,3-4,7-10H2,1H3. The fourth-order valence-corrected chi connectivity index (χ4v) is 3.73. The quantitative estimate of drug-likeness (QED) is 0.900. The molecule has 1 aromatic rings. The molecule has 2 aliphatic rings. The van der Waals surface area contributed by atoms with Crippen molar-refractivity contribution in [2.75, 3.05) is 13.1 Å². The molecule has 104 valence electrons. The van der Waals surface area contributed by atoms with Gasteiger partial charge in [0.15, 0.2) is 0 Å². The molecule has 0 aliphatic carbocycles. The lowest BCUT2D eigenvalue weighted by atomic mass is 10.0. The monoisotopic (exact) mass is 262 g/mol. The zero-order valence-electron chi connectivity index (χ0n) is 11.6. The Morgan fingerprint density at radius 3 is 2.95 bits per heavy atom. The molecule has 2 aliphatic heterocycles. The minimum absolute atomic E-state index is 0.126. The van der Waals surface area contributed by atoms with Gasteiger partial charge < -0.3 is 5.32 Å². The predicted molar refractivity (Wildman–Crippen MR) is 75.6 cm³/mol. The molecular weight excluding hydrogens is 239 g/mol. The van der Waals surface area contributed by atoms with Crippen LogP contribution in [0.4, 0.5) is 4.39 Å². The highest BCUT2D eigenvalue weighted by Crippen LogP contribution is 2.32. The van der Waals surface area contributed by atoms with Crippen molar-refractivity contribution in [1.29, 1.82) is 0 Å². The van der Waals surface area contributed by atoms with Crippen LogP contribution in [-0.4, -0.2) is 30.1 Å². The molecule has 2 nitrogen and oxygen atoms in total. The van der Waals surface area contributed by atoms with Crippen molar-refractivity contribution in [2.24, 2.45) is 0 Å². The Morgan fingerprint density at radius 1 is 1.32 bits per heavy atom. The number of nitrogens with zero attached hydrogens (tertiary/aromatic N) is 1. The van der Waals surface area contributed by atoms with Crippen LogP contribution in [0.15, 0.2) is 24.3 Å². The van der Waals surface area contributed by atoms with Gasteiger partial charge in [0, 0.05) is 18.1 Å². The van der Waals surface area contributed by atoms with Gasteiger partial charge in [-0.15, -0.1) is 0 Å². The molecule has 1 aromatic carbocycles. The molecule has 0 aromatic heterocycles. The SMILES string of the molecule is CC(c1cccc(F)c1)N1CCCC1C1CCCN1. The summed E-state index contributed by atoms with van der Waals surface area (Å²) in [6, 6.07) is 8.65. The van der Waals surface area contributed by atoms with E-state index in [1.54, 1.807) is 6.07 Å². The van der Waals surface area contributed by atoms with Gasteiger partial charge in [-0.2, -0.15) is 0 Å². The predicted octanol–water partition coefficient (Wildman–Crippen LogP) is 3.10. The van der Waals surface area contributed by atoms with Crippen molar-refractivity contribution in [3.63, 3.8) is 0 Å². The van der Waals surface area contributed by atoms with Gasteiger partial charge >= 0.3 is 0 Å².